The Morgan fingerprint density at radius 1 is 1.65 bits per heavy atom. The molecule has 0 atom stereocenters. The summed E-state index contributed by atoms with van der Waals surface area (Å²) in [5.74, 6) is 0.0849. The van der Waals surface area contributed by atoms with Crippen molar-refractivity contribution in [3.8, 4) is 6.07 Å². The van der Waals surface area contributed by atoms with Crippen LogP contribution in [-0.2, 0) is 4.74 Å². The Hall–Kier alpha value is -2.16. The molecule has 0 spiro atoms. The molecule has 0 aromatic carbocycles. The average Bonchev–Trinajstić information content (AvgIpc) is 2.39. The minimum atomic E-state index is -0.566. The molecule has 0 aliphatic rings. The number of hydrogen-bond donors (Lipinski definition) is 0. The lowest BCUT2D eigenvalue weighted by Gasteiger charge is -2.20. The first-order chi connectivity index (χ1) is 8.22. The second-order valence-corrected chi connectivity index (χ2v) is 3.22. The Morgan fingerprint density at radius 2 is 2.41 bits per heavy atom. The number of carbonyl (C=O) groups is 1. The molecule has 0 aliphatic carbocycles. The standard InChI is InChI=1S/C11H14N4O2/c1-3-15(8-4-6-12)9-5-7-13-10(14-9)11(16)17-2/h5,7H,3-4,8H2,1-2H3. The van der Waals surface area contributed by atoms with Gasteiger partial charge in [0.1, 0.15) is 5.82 Å². The molecule has 0 amide bonds. The van der Waals surface area contributed by atoms with E-state index in [4.69, 9.17) is 5.26 Å². The molecule has 0 fully saturated rings. The van der Waals surface area contributed by atoms with E-state index in [2.05, 4.69) is 20.8 Å². The Bertz CT molecular complexity index is 428. The van der Waals surface area contributed by atoms with Gasteiger partial charge in [0.05, 0.1) is 19.6 Å². The van der Waals surface area contributed by atoms with E-state index in [1.54, 1.807) is 6.07 Å². The first-order valence-corrected chi connectivity index (χ1v) is 5.26. The number of ether oxygens (including phenoxy) is 1. The van der Waals surface area contributed by atoms with Gasteiger partial charge in [0, 0.05) is 19.3 Å². The first-order valence-electron chi connectivity index (χ1n) is 5.26. The molecule has 0 radical (unpaired) electrons. The zero-order valence-corrected chi connectivity index (χ0v) is 9.88. The van der Waals surface area contributed by atoms with Crippen LogP contribution in [0.2, 0.25) is 0 Å². The number of methoxy groups -OCH3 is 1. The van der Waals surface area contributed by atoms with Gasteiger partial charge in [0.2, 0.25) is 5.82 Å². The third kappa shape index (κ3) is 3.41. The van der Waals surface area contributed by atoms with E-state index < -0.39 is 5.97 Å². The lowest BCUT2D eigenvalue weighted by atomic mass is 10.4. The fourth-order valence-corrected chi connectivity index (χ4v) is 1.33. The van der Waals surface area contributed by atoms with Crippen LogP contribution in [0.4, 0.5) is 5.82 Å². The molecule has 1 rings (SSSR count). The third-order valence-electron chi connectivity index (χ3n) is 2.21. The Balaban J connectivity index is 2.89. The molecule has 1 heterocycles. The largest absolute Gasteiger partial charge is 0.463 e. The van der Waals surface area contributed by atoms with E-state index in [-0.39, 0.29) is 5.82 Å². The average molecular weight is 234 g/mol. The van der Waals surface area contributed by atoms with Crippen molar-refractivity contribution < 1.29 is 9.53 Å². The molecular weight excluding hydrogens is 220 g/mol. The van der Waals surface area contributed by atoms with Gasteiger partial charge in [-0.1, -0.05) is 0 Å². The molecular formula is C11H14N4O2. The number of nitrogens with zero attached hydrogens (tertiary/aromatic N) is 4. The van der Waals surface area contributed by atoms with Crippen molar-refractivity contribution in [2.24, 2.45) is 0 Å². The monoisotopic (exact) mass is 234 g/mol. The number of hydrogen-bond acceptors (Lipinski definition) is 6. The zero-order valence-electron chi connectivity index (χ0n) is 9.88. The third-order valence-corrected chi connectivity index (χ3v) is 2.21. The number of rotatable bonds is 5. The van der Waals surface area contributed by atoms with Gasteiger partial charge in [0.25, 0.3) is 0 Å². The topological polar surface area (TPSA) is 79.1 Å². The molecule has 1 aromatic heterocycles. The maximum atomic E-state index is 11.3. The smallest absolute Gasteiger partial charge is 0.376 e. The molecule has 0 bridgehead atoms. The molecule has 0 aliphatic heterocycles. The summed E-state index contributed by atoms with van der Waals surface area (Å²) in [5.41, 5.74) is 0. The van der Waals surface area contributed by atoms with Crippen molar-refractivity contribution >= 4 is 11.8 Å². The molecule has 0 saturated heterocycles. The van der Waals surface area contributed by atoms with Crippen molar-refractivity contribution in [1.29, 1.82) is 5.26 Å². The highest BCUT2D eigenvalue weighted by atomic mass is 16.5. The molecule has 0 unspecified atom stereocenters. The normalized spacial score (nSPS) is 9.47. The predicted molar refractivity (Wildman–Crippen MR) is 61.5 cm³/mol. The molecule has 90 valence electrons. The summed E-state index contributed by atoms with van der Waals surface area (Å²) in [4.78, 5) is 21.1. The summed E-state index contributed by atoms with van der Waals surface area (Å²) in [6, 6.07) is 3.78. The van der Waals surface area contributed by atoms with E-state index in [1.807, 2.05) is 11.8 Å². The maximum absolute atomic E-state index is 11.3. The van der Waals surface area contributed by atoms with Crippen molar-refractivity contribution in [2.75, 3.05) is 25.1 Å². The maximum Gasteiger partial charge on any atom is 0.376 e. The Morgan fingerprint density at radius 3 is 3.00 bits per heavy atom. The van der Waals surface area contributed by atoms with Crippen molar-refractivity contribution in [1.82, 2.24) is 9.97 Å². The minimum absolute atomic E-state index is 0.0282. The van der Waals surface area contributed by atoms with Gasteiger partial charge >= 0.3 is 5.97 Å². The van der Waals surface area contributed by atoms with Crippen LogP contribution in [-0.4, -0.2) is 36.1 Å². The van der Waals surface area contributed by atoms with Crippen LogP contribution >= 0.6 is 0 Å². The van der Waals surface area contributed by atoms with E-state index in [0.29, 0.717) is 25.3 Å². The SMILES string of the molecule is CCN(CCC#N)c1ccnc(C(=O)OC)n1. The van der Waals surface area contributed by atoms with Gasteiger partial charge in [-0.25, -0.2) is 14.8 Å². The summed E-state index contributed by atoms with van der Waals surface area (Å²) < 4.78 is 4.55. The highest BCUT2D eigenvalue weighted by Gasteiger charge is 2.12. The predicted octanol–water partition coefficient (Wildman–Crippen LogP) is 1.00. The quantitative estimate of drug-likeness (QED) is 0.707. The van der Waals surface area contributed by atoms with Crippen LogP contribution in [0, 0.1) is 11.3 Å². The summed E-state index contributed by atoms with van der Waals surface area (Å²) in [7, 11) is 1.28. The van der Waals surface area contributed by atoms with Crippen LogP contribution < -0.4 is 4.90 Å². The number of aromatic nitrogens is 2. The second kappa shape index (κ2) is 6.43. The Labute approximate surface area is 99.9 Å². The van der Waals surface area contributed by atoms with Gasteiger partial charge in [-0.15, -0.1) is 0 Å². The minimum Gasteiger partial charge on any atom is -0.463 e. The highest BCUT2D eigenvalue weighted by molar-refractivity contribution is 5.85. The van der Waals surface area contributed by atoms with Gasteiger partial charge in [0.15, 0.2) is 0 Å². The van der Waals surface area contributed by atoms with Crippen LogP contribution in [0.5, 0.6) is 0 Å². The summed E-state index contributed by atoms with van der Waals surface area (Å²) in [6.07, 6.45) is 1.91. The van der Waals surface area contributed by atoms with E-state index in [0.717, 1.165) is 0 Å². The number of anilines is 1. The molecule has 6 nitrogen and oxygen atoms in total. The number of esters is 1. The summed E-state index contributed by atoms with van der Waals surface area (Å²) in [6.45, 7) is 3.24. The van der Waals surface area contributed by atoms with Crippen LogP contribution in [0.15, 0.2) is 12.3 Å². The molecule has 1 aromatic rings. The van der Waals surface area contributed by atoms with Gasteiger partial charge in [-0.2, -0.15) is 5.26 Å². The zero-order chi connectivity index (χ0) is 12.7. The fourth-order valence-electron chi connectivity index (χ4n) is 1.33. The molecule has 6 heteroatoms. The second-order valence-electron chi connectivity index (χ2n) is 3.22. The van der Waals surface area contributed by atoms with Gasteiger partial charge in [-0.3, -0.25) is 0 Å². The fraction of sp³-hybridized carbons (Fsp3) is 0.455. The molecule has 17 heavy (non-hydrogen) atoms. The lowest BCUT2D eigenvalue weighted by molar-refractivity contribution is 0.0587. The highest BCUT2D eigenvalue weighted by Crippen LogP contribution is 2.10. The first kappa shape index (κ1) is 12.9. The van der Waals surface area contributed by atoms with Crippen molar-refractivity contribution in [2.45, 2.75) is 13.3 Å². The van der Waals surface area contributed by atoms with Crippen molar-refractivity contribution in [3.63, 3.8) is 0 Å². The van der Waals surface area contributed by atoms with Crippen LogP contribution in [0.25, 0.3) is 0 Å². The van der Waals surface area contributed by atoms with Crippen LogP contribution in [0.3, 0.4) is 0 Å². The lowest BCUT2D eigenvalue weighted by Crippen LogP contribution is -2.25. The summed E-state index contributed by atoms with van der Waals surface area (Å²) in [5, 5.41) is 8.55. The number of carbonyl (C=O) groups excluding carboxylic acids is 1. The van der Waals surface area contributed by atoms with Crippen LogP contribution in [0.1, 0.15) is 24.0 Å². The molecule has 0 N–H and O–H groups in total. The van der Waals surface area contributed by atoms with E-state index >= 15 is 0 Å². The van der Waals surface area contributed by atoms with E-state index in [1.165, 1.54) is 13.3 Å². The van der Waals surface area contributed by atoms with Gasteiger partial charge < -0.3 is 9.64 Å². The number of nitriles is 1. The van der Waals surface area contributed by atoms with Crippen molar-refractivity contribution in [3.05, 3.63) is 18.1 Å². The summed E-state index contributed by atoms with van der Waals surface area (Å²) >= 11 is 0. The Kier molecular flexibility index (Phi) is 4.88. The van der Waals surface area contributed by atoms with E-state index in [9.17, 15) is 4.79 Å². The van der Waals surface area contributed by atoms with Gasteiger partial charge in [-0.05, 0) is 13.0 Å². The molecule has 0 saturated carbocycles.